The molecule has 0 rings (SSSR count). The highest BCUT2D eigenvalue weighted by atomic mass is 16.4. The number of aliphatic carboxylic acids is 2. The fraction of sp³-hybridized carbons (Fsp3) is 0.636. The van der Waals surface area contributed by atoms with Gasteiger partial charge in [0.25, 0.3) is 0 Å². The summed E-state index contributed by atoms with van der Waals surface area (Å²) in [5.74, 6) is -5.07. The normalized spacial score (nSPS) is 16.0. The lowest BCUT2D eigenvalue weighted by atomic mass is 10.1. The maximum Gasteiger partial charge on any atom is 0.326 e. The summed E-state index contributed by atoms with van der Waals surface area (Å²) in [6, 6.07) is -4.61. The van der Waals surface area contributed by atoms with Gasteiger partial charge >= 0.3 is 11.9 Å². The number of carbonyl (C=O) groups is 4. The van der Waals surface area contributed by atoms with Crippen LogP contribution >= 0.6 is 0 Å². The van der Waals surface area contributed by atoms with Gasteiger partial charge in [0.05, 0.1) is 19.1 Å². The minimum atomic E-state index is -1.73. The number of amides is 2. The van der Waals surface area contributed by atoms with E-state index in [9.17, 15) is 24.3 Å². The molecule has 126 valence electrons. The van der Waals surface area contributed by atoms with Crippen LogP contribution in [0.15, 0.2) is 0 Å². The Bertz CT molecular complexity index is 439. The van der Waals surface area contributed by atoms with Crippen molar-refractivity contribution < 1.29 is 39.6 Å². The van der Waals surface area contributed by atoms with Gasteiger partial charge in [-0.3, -0.25) is 14.4 Å². The van der Waals surface area contributed by atoms with Crippen LogP contribution in [0.1, 0.15) is 13.3 Å². The topological polar surface area (TPSA) is 199 Å². The molecule has 0 bridgehead atoms. The second-order valence-electron chi connectivity index (χ2n) is 4.51. The molecule has 0 radical (unpaired) electrons. The molecule has 0 saturated carbocycles. The monoisotopic (exact) mass is 321 g/mol. The Hall–Kier alpha value is -2.24. The average Bonchev–Trinajstić information content (AvgIpc) is 2.41. The van der Waals surface area contributed by atoms with E-state index in [-0.39, 0.29) is 0 Å². The third kappa shape index (κ3) is 6.47. The number of hydrogen-bond donors (Lipinski definition) is 7. The quantitative estimate of drug-likeness (QED) is 0.222. The molecule has 0 fully saturated rings. The fourth-order valence-electron chi connectivity index (χ4n) is 1.38. The third-order valence-electron chi connectivity index (χ3n) is 2.59. The molecule has 22 heavy (non-hydrogen) atoms. The predicted octanol–water partition coefficient (Wildman–Crippen LogP) is -3.78. The Morgan fingerprint density at radius 3 is 2.00 bits per heavy atom. The summed E-state index contributed by atoms with van der Waals surface area (Å²) >= 11 is 0. The summed E-state index contributed by atoms with van der Waals surface area (Å²) in [6.45, 7) is 0.457. The number of rotatable bonds is 9. The standard InChI is InChI=1S/C11H19N3O8/c1-4(16)8(14-9(19)5(12)3-15)10(20)13-6(11(21)22)2-7(17)18/h4-6,8,15-16H,2-3,12H2,1H3,(H,13,20)(H,14,19)(H,17,18)(H,21,22). The summed E-state index contributed by atoms with van der Waals surface area (Å²) in [5, 5.41) is 39.5. The van der Waals surface area contributed by atoms with E-state index in [1.807, 2.05) is 10.6 Å². The van der Waals surface area contributed by atoms with Gasteiger partial charge in [0, 0.05) is 0 Å². The van der Waals surface area contributed by atoms with Crippen molar-refractivity contribution in [2.24, 2.45) is 5.73 Å². The Morgan fingerprint density at radius 2 is 1.64 bits per heavy atom. The SMILES string of the molecule is CC(O)C(NC(=O)C(N)CO)C(=O)NC(CC(=O)O)C(=O)O. The van der Waals surface area contributed by atoms with E-state index >= 15 is 0 Å². The first-order valence-corrected chi connectivity index (χ1v) is 6.20. The van der Waals surface area contributed by atoms with Gasteiger partial charge in [-0.25, -0.2) is 4.79 Å². The van der Waals surface area contributed by atoms with Crippen molar-refractivity contribution in [1.82, 2.24) is 10.6 Å². The smallest absolute Gasteiger partial charge is 0.326 e. The first-order valence-electron chi connectivity index (χ1n) is 6.20. The van der Waals surface area contributed by atoms with E-state index in [1.54, 1.807) is 0 Å². The summed E-state index contributed by atoms with van der Waals surface area (Å²) in [7, 11) is 0. The second-order valence-corrected chi connectivity index (χ2v) is 4.51. The summed E-state index contributed by atoms with van der Waals surface area (Å²) in [5.41, 5.74) is 5.23. The lowest BCUT2D eigenvalue weighted by Gasteiger charge is -2.23. The molecule has 0 heterocycles. The van der Waals surface area contributed by atoms with Crippen LogP contribution in [0.2, 0.25) is 0 Å². The molecular weight excluding hydrogens is 302 g/mol. The number of carboxylic acids is 2. The van der Waals surface area contributed by atoms with Crippen LogP contribution in [0.5, 0.6) is 0 Å². The lowest BCUT2D eigenvalue weighted by molar-refractivity contribution is -0.147. The molecule has 2 amide bonds. The summed E-state index contributed by atoms with van der Waals surface area (Å²) in [4.78, 5) is 44.8. The maximum atomic E-state index is 11.9. The van der Waals surface area contributed by atoms with E-state index in [2.05, 4.69) is 0 Å². The summed E-state index contributed by atoms with van der Waals surface area (Å²) < 4.78 is 0. The van der Waals surface area contributed by atoms with E-state index in [1.165, 1.54) is 0 Å². The van der Waals surface area contributed by atoms with Gasteiger partial charge in [-0.1, -0.05) is 0 Å². The van der Waals surface area contributed by atoms with Crippen LogP contribution in [0.3, 0.4) is 0 Å². The molecule has 0 saturated heterocycles. The van der Waals surface area contributed by atoms with Gasteiger partial charge in [-0.2, -0.15) is 0 Å². The molecule has 0 spiro atoms. The number of carboxylic acid groups (broad SMARTS) is 2. The number of carbonyl (C=O) groups excluding carboxylic acids is 2. The van der Waals surface area contributed by atoms with Crippen molar-refractivity contribution in [2.45, 2.75) is 37.6 Å². The molecule has 0 aliphatic heterocycles. The van der Waals surface area contributed by atoms with Crippen molar-refractivity contribution in [3.05, 3.63) is 0 Å². The molecule has 11 heteroatoms. The van der Waals surface area contributed by atoms with Crippen LogP contribution in [-0.4, -0.2) is 75.0 Å². The minimum absolute atomic E-state index is 0.698. The fourth-order valence-corrected chi connectivity index (χ4v) is 1.38. The first-order chi connectivity index (χ1) is 10.1. The van der Waals surface area contributed by atoms with Gasteiger partial charge in [0.15, 0.2) is 0 Å². The van der Waals surface area contributed by atoms with Crippen LogP contribution in [0.4, 0.5) is 0 Å². The zero-order chi connectivity index (χ0) is 17.4. The molecule has 0 aromatic carbocycles. The van der Waals surface area contributed by atoms with Crippen molar-refractivity contribution in [3.8, 4) is 0 Å². The maximum absolute atomic E-state index is 11.9. The molecule has 4 unspecified atom stereocenters. The number of nitrogens with two attached hydrogens (primary N) is 1. The highest BCUT2D eigenvalue weighted by Crippen LogP contribution is 1.99. The first kappa shape index (κ1) is 19.8. The Morgan fingerprint density at radius 1 is 1.09 bits per heavy atom. The number of aliphatic hydroxyl groups excluding tert-OH is 2. The van der Waals surface area contributed by atoms with Crippen LogP contribution in [0.25, 0.3) is 0 Å². The molecular formula is C11H19N3O8. The van der Waals surface area contributed by atoms with Gasteiger partial charge < -0.3 is 36.8 Å². The van der Waals surface area contributed by atoms with Crippen LogP contribution < -0.4 is 16.4 Å². The number of nitrogens with one attached hydrogen (secondary N) is 2. The zero-order valence-corrected chi connectivity index (χ0v) is 11.7. The molecule has 11 nitrogen and oxygen atoms in total. The molecule has 0 aliphatic carbocycles. The molecule has 0 aliphatic rings. The summed E-state index contributed by atoms with van der Waals surface area (Å²) in [6.07, 6.45) is -2.29. The Kier molecular flexibility index (Phi) is 8.01. The largest absolute Gasteiger partial charge is 0.481 e. The lowest BCUT2D eigenvalue weighted by Crippen LogP contribution is -2.58. The second kappa shape index (κ2) is 8.92. The minimum Gasteiger partial charge on any atom is -0.481 e. The Balaban J connectivity index is 4.95. The average molecular weight is 321 g/mol. The van der Waals surface area contributed by atoms with Crippen molar-refractivity contribution in [1.29, 1.82) is 0 Å². The molecule has 4 atom stereocenters. The van der Waals surface area contributed by atoms with Gasteiger partial charge in [-0.15, -0.1) is 0 Å². The Labute approximate surface area is 125 Å². The van der Waals surface area contributed by atoms with Crippen molar-refractivity contribution in [3.63, 3.8) is 0 Å². The number of hydrogen-bond acceptors (Lipinski definition) is 7. The molecule has 0 aromatic heterocycles. The van der Waals surface area contributed by atoms with Crippen LogP contribution in [-0.2, 0) is 19.2 Å². The molecule has 0 aromatic rings. The highest BCUT2D eigenvalue weighted by molar-refractivity contribution is 5.93. The molecule has 8 N–H and O–H groups in total. The van der Waals surface area contributed by atoms with Gasteiger partial charge in [-0.05, 0) is 6.92 Å². The third-order valence-corrected chi connectivity index (χ3v) is 2.59. The highest BCUT2D eigenvalue weighted by Gasteiger charge is 2.31. The van der Waals surface area contributed by atoms with E-state index in [4.69, 9.17) is 21.1 Å². The van der Waals surface area contributed by atoms with Crippen LogP contribution in [0, 0.1) is 0 Å². The zero-order valence-electron chi connectivity index (χ0n) is 11.7. The van der Waals surface area contributed by atoms with Crippen molar-refractivity contribution in [2.75, 3.05) is 6.61 Å². The number of aliphatic hydroxyl groups is 2. The van der Waals surface area contributed by atoms with E-state index < -0.39 is 61.0 Å². The van der Waals surface area contributed by atoms with Gasteiger partial charge in [0.2, 0.25) is 11.8 Å². The van der Waals surface area contributed by atoms with Crippen molar-refractivity contribution >= 4 is 23.8 Å². The van der Waals surface area contributed by atoms with Gasteiger partial charge in [0.1, 0.15) is 18.1 Å². The predicted molar refractivity (Wildman–Crippen MR) is 70.5 cm³/mol. The van der Waals surface area contributed by atoms with E-state index in [0.717, 1.165) is 6.92 Å². The van der Waals surface area contributed by atoms with E-state index in [0.29, 0.717) is 0 Å².